The lowest BCUT2D eigenvalue weighted by molar-refractivity contribution is -0.830. The van der Waals surface area contributed by atoms with Crippen molar-refractivity contribution in [2.45, 2.75) is 80.1 Å². The van der Waals surface area contributed by atoms with Crippen molar-refractivity contribution in [2.24, 2.45) is 0 Å². The van der Waals surface area contributed by atoms with Gasteiger partial charge in [-0.1, -0.05) is 72.1 Å². The van der Waals surface area contributed by atoms with Crippen LogP contribution in [0.15, 0.2) is 36.4 Å². The van der Waals surface area contributed by atoms with Gasteiger partial charge in [0, 0.05) is 11.1 Å². The SMILES string of the molecule is CC.CC.CCCC(CCC)c1cc(Cl)ccc1Oc1ccc(C)cc1[NH2+]OC. The number of aryl methyl sites for hydroxylation is 1. The number of hydrogen-bond donors (Lipinski definition) is 1. The summed E-state index contributed by atoms with van der Waals surface area (Å²) in [5, 5.41) is 0.757. The van der Waals surface area contributed by atoms with Crippen LogP contribution in [0.25, 0.3) is 0 Å². The van der Waals surface area contributed by atoms with Gasteiger partial charge in [-0.15, -0.1) is 0 Å². The van der Waals surface area contributed by atoms with Crippen molar-refractivity contribution in [3.05, 3.63) is 52.5 Å². The van der Waals surface area contributed by atoms with Crippen molar-refractivity contribution >= 4 is 17.3 Å². The molecule has 0 atom stereocenters. The second-order valence-corrected chi connectivity index (χ2v) is 6.89. The first-order chi connectivity index (χ1) is 14.1. The summed E-state index contributed by atoms with van der Waals surface area (Å²) in [7, 11) is 1.65. The van der Waals surface area contributed by atoms with Crippen LogP contribution >= 0.6 is 11.6 Å². The summed E-state index contributed by atoms with van der Waals surface area (Å²) in [6.45, 7) is 14.5. The second-order valence-electron chi connectivity index (χ2n) is 6.45. The maximum atomic E-state index is 6.31. The van der Waals surface area contributed by atoms with Crippen LogP contribution < -0.4 is 10.2 Å². The lowest BCUT2D eigenvalue weighted by Gasteiger charge is -2.20. The topological polar surface area (TPSA) is 35.1 Å². The molecule has 2 N–H and O–H groups in total. The molecule has 0 unspecified atom stereocenters. The molecule has 0 heterocycles. The van der Waals surface area contributed by atoms with Crippen molar-refractivity contribution in [3.8, 4) is 11.5 Å². The van der Waals surface area contributed by atoms with Gasteiger partial charge in [0.1, 0.15) is 5.75 Å². The Balaban J connectivity index is 0.00000184. The maximum Gasteiger partial charge on any atom is 0.205 e. The van der Waals surface area contributed by atoms with Crippen LogP contribution in [0.1, 0.15) is 84.3 Å². The minimum Gasteiger partial charge on any atom is -0.451 e. The van der Waals surface area contributed by atoms with Crippen LogP contribution in [-0.2, 0) is 4.84 Å². The van der Waals surface area contributed by atoms with Crippen molar-refractivity contribution in [2.75, 3.05) is 7.11 Å². The van der Waals surface area contributed by atoms with Gasteiger partial charge < -0.3 is 4.74 Å². The molecule has 0 aliphatic heterocycles. The van der Waals surface area contributed by atoms with Crippen LogP contribution in [0.4, 0.5) is 5.69 Å². The molecule has 2 aromatic rings. The van der Waals surface area contributed by atoms with E-state index in [9.17, 15) is 0 Å². The molecule has 0 spiro atoms. The molecule has 0 saturated heterocycles. The van der Waals surface area contributed by atoms with Crippen LogP contribution in [0.2, 0.25) is 5.02 Å². The zero-order valence-corrected chi connectivity index (χ0v) is 20.4. The number of quaternary nitrogens is 1. The van der Waals surface area contributed by atoms with E-state index in [1.807, 2.05) is 52.0 Å². The molecule has 2 rings (SSSR count). The van der Waals surface area contributed by atoms with E-state index in [0.29, 0.717) is 5.92 Å². The molecular formula is C25H41ClNO2+. The fourth-order valence-corrected chi connectivity index (χ4v) is 3.36. The van der Waals surface area contributed by atoms with Gasteiger partial charge in [-0.05, 0) is 61.1 Å². The standard InChI is InChI=1S/C21H28ClNO2.2C2H6/c1-5-7-16(8-6-2)18-14-17(22)10-12-20(18)25-21-11-9-15(3)13-19(21)23-24-4;2*1-2/h9-14,16,23H,5-8H2,1-4H3;2*1-2H3/p+1. The van der Waals surface area contributed by atoms with Crippen LogP contribution in [0, 0.1) is 6.92 Å². The quantitative estimate of drug-likeness (QED) is 0.328. The lowest BCUT2D eigenvalue weighted by atomic mass is 9.90. The van der Waals surface area contributed by atoms with Gasteiger partial charge in [-0.3, -0.25) is 0 Å². The summed E-state index contributed by atoms with van der Waals surface area (Å²) < 4.78 is 6.31. The molecule has 0 fully saturated rings. The number of nitrogens with two attached hydrogens (primary N) is 1. The fourth-order valence-electron chi connectivity index (χ4n) is 3.18. The molecule has 164 valence electrons. The van der Waals surface area contributed by atoms with Crippen LogP contribution in [0.3, 0.4) is 0 Å². The van der Waals surface area contributed by atoms with Gasteiger partial charge in [-0.2, -0.15) is 5.48 Å². The molecule has 0 radical (unpaired) electrons. The fraction of sp³-hybridized carbons (Fsp3) is 0.520. The van der Waals surface area contributed by atoms with Crippen LogP contribution in [-0.4, -0.2) is 7.11 Å². The Morgan fingerprint density at radius 1 is 0.897 bits per heavy atom. The molecular weight excluding hydrogens is 382 g/mol. The van der Waals surface area contributed by atoms with E-state index in [-0.39, 0.29) is 0 Å². The average Bonchev–Trinajstić information content (AvgIpc) is 2.74. The number of benzene rings is 2. The molecule has 0 aromatic heterocycles. The summed E-state index contributed by atoms with van der Waals surface area (Å²) in [5.41, 5.74) is 5.01. The molecule has 0 aliphatic carbocycles. The van der Waals surface area contributed by atoms with E-state index in [1.165, 1.54) is 11.1 Å². The Kier molecular flexibility index (Phi) is 15.4. The van der Waals surface area contributed by atoms with Gasteiger partial charge in [0.2, 0.25) is 5.69 Å². The van der Waals surface area contributed by atoms with E-state index in [1.54, 1.807) is 12.6 Å². The molecule has 0 aliphatic rings. The van der Waals surface area contributed by atoms with Crippen molar-refractivity contribution in [3.63, 3.8) is 0 Å². The summed E-state index contributed by atoms with van der Waals surface area (Å²) >= 11 is 6.28. The van der Waals surface area contributed by atoms with Crippen LogP contribution in [0.5, 0.6) is 11.5 Å². The first-order valence-corrected chi connectivity index (χ1v) is 11.4. The predicted octanol–water partition coefficient (Wildman–Crippen LogP) is 7.93. The third kappa shape index (κ3) is 9.20. The number of halogens is 1. The molecule has 29 heavy (non-hydrogen) atoms. The van der Waals surface area contributed by atoms with Gasteiger partial charge in [-0.25, -0.2) is 4.84 Å². The molecule has 0 amide bonds. The minimum atomic E-state index is 0.462. The Labute approximate surface area is 183 Å². The third-order valence-corrected chi connectivity index (χ3v) is 4.55. The Bertz CT molecular complexity index is 683. The normalized spacial score (nSPS) is 10.0. The summed E-state index contributed by atoms with van der Waals surface area (Å²) in [5.74, 6) is 2.14. The molecule has 0 bridgehead atoms. The predicted molar refractivity (Wildman–Crippen MR) is 127 cm³/mol. The Morgan fingerprint density at radius 3 is 2.03 bits per heavy atom. The van der Waals surface area contributed by atoms with E-state index >= 15 is 0 Å². The first-order valence-electron chi connectivity index (χ1n) is 11.0. The van der Waals surface area contributed by atoms with E-state index in [2.05, 4.69) is 32.9 Å². The van der Waals surface area contributed by atoms with Crippen molar-refractivity contribution in [1.82, 2.24) is 0 Å². The van der Waals surface area contributed by atoms with E-state index in [0.717, 1.165) is 47.9 Å². The highest BCUT2D eigenvalue weighted by atomic mass is 35.5. The smallest absolute Gasteiger partial charge is 0.205 e. The van der Waals surface area contributed by atoms with E-state index < -0.39 is 0 Å². The molecule has 0 saturated carbocycles. The van der Waals surface area contributed by atoms with Crippen molar-refractivity contribution in [1.29, 1.82) is 0 Å². The highest BCUT2D eigenvalue weighted by Gasteiger charge is 2.18. The number of rotatable bonds is 9. The van der Waals surface area contributed by atoms with Gasteiger partial charge in [0.25, 0.3) is 0 Å². The second kappa shape index (κ2) is 16.3. The largest absolute Gasteiger partial charge is 0.451 e. The first kappa shape index (κ1) is 27.5. The monoisotopic (exact) mass is 422 g/mol. The summed E-state index contributed by atoms with van der Waals surface area (Å²) in [6, 6.07) is 12.0. The maximum absolute atomic E-state index is 6.31. The zero-order chi connectivity index (χ0) is 22.2. The Morgan fingerprint density at radius 2 is 1.48 bits per heavy atom. The molecule has 2 aromatic carbocycles. The highest BCUT2D eigenvalue weighted by Crippen LogP contribution is 2.38. The Hall–Kier alpha value is -1.55. The third-order valence-electron chi connectivity index (χ3n) is 4.32. The number of hydrogen-bond acceptors (Lipinski definition) is 2. The van der Waals surface area contributed by atoms with Crippen molar-refractivity contribution < 1.29 is 15.1 Å². The molecule has 3 nitrogen and oxygen atoms in total. The van der Waals surface area contributed by atoms with Gasteiger partial charge >= 0.3 is 0 Å². The zero-order valence-electron chi connectivity index (χ0n) is 19.6. The highest BCUT2D eigenvalue weighted by molar-refractivity contribution is 6.30. The van der Waals surface area contributed by atoms with Gasteiger partial charge in [0.15, 0.2) is 5.75 Å². The van der Waals surface area contributed by atoms with E-state index in [4.69, 9.17) is 21.2 Å². The number of ether oxygens (including phenoxy) is 1. The molecule has 4 heteroatoms. The minimum absolute atomic E-state index is 0.462. The summed E-state index contributed by atoms with van der Waals surface area (Å²) in [4.78, 5) is 5.21. The average molecular weight is 423 g/mol. The lowest BCUT2D eigenvalue weighted by Crippen LogP contribution is -2.76. The summed E-state index contributed by atoms with van der Waals surface area (Å²) in [6.07, 6.45) is 4.55. The van der Waals surface area contributed by atoms with Gasteiger partial charge in [0.05, 0.1) is 7.11 Å².